The number of rotatable bonds is 9. The number of aliphatic carboxylic acids is 1. The number of thiazole rings is 1. The van der Waals surface area contributed by atoms with Crippen molar-refractivity contribution >= 4 is 74.8 Å². The van der Waals surface area contributed by atoms with Crippen LogP contribution in [0.3, 0.4) is 0 Å². The maximum absolute atomic E-state index is 13.2. The molecule has 3 atom stereocenters. The van der Waals surface area contributed by atoms with E-state index >= 15 is 0 Å². The largest absolute Gasteiger partial charge is 0.477 e. The van der Waals surface area contributed by atoms with Crippen molar-refractivity contribution in [3.8, 4) is 0 Å². The Hall–Kier alpha value is -2.95. The fourth-order valence-corrected chi connectivity index (χ4v) is 7.31. The number of oxime groups is 1. The zero-order valence-electron chi connectivity index (χ0n) is 18.4. The van der Waals surface area contributed by atoms with Crippen LogP contribution in [0.4, 0.5) is 5.13 Å². The summed E-state index contributed by atoms with van der Waals surface area (Å²) in [7, 11) is 0. The highest BCUT2D eigenvalue weighted by molar-refractivity contribution is 8.01. The van der Waals surface area contributed by atoms with Gasteiger partial charge in [0.05, 0.1) is 0 Å². The quantitative estimate of drug-likeness (QED) is 0.132. The summed E-state index contributed by atoms with van der Waals surface area (Å²) in [6, 6.07) is -0.915. The van der Waals surface area contributed by atoms with Crippen LogP contribution in [0.5, 0.6) is 0 Å². The Labute approximate surface area is 221 Å². The number of β-lactam (4-membered cyclic amide) rings is 1. The van der Waals surface area contributed by atoms with E-state index in [1.807, 2.05) is 12.2 Å². The number of hydrogen-bond donors (Lipinski definition) is 3. The highest BCUT2D eigenvalue weighted by Gasteiger charge is 2.54. The Morgan fingerprint density at radius 1 is 1.39 bits per heavy atom. The number of thioether (sulfide) groups is 2. The number of aromatic nitrogens is 3. The first-order valence-corrected chi connectivity index (χ1v) is 14.4. The van der Waals surface area contributed by atoms with Crippen molar-refractivity contribution in [3.63, 3.8) is 0 Å². The normalized spacial score (nSPS) is 23.4. The number of nitrogen functional groups attached to an aromatic ring is 1. The van der Waals surface area contributed by atoms with Crippen LogP contribution in [0.15, 0.2) is 43.8 Å². The minimum absolute atomic E-state index is 0.0521. The number of amides is 2. The number of nitrogens with one attached hydrogen (secondary N) is 1. The third-order valence-electron chi connectivity index (χ3n) is 5.47. The third kappa shape index (κ3) is 4.98. The highest BCUT2D eigenvalue weighted by atomic mass is 32.2. The van der Waals surface area contributed by atoms with E-state index in [-0.39, 0.29) is 28.3 Å². The zero-order chi connectivity index (χ0) is 25.2. The predicted octanol–water partition coefficient (Wildman–Crippen LogP) is 1.55. The van der Waals surface area contributed by atoms with Crippen LogP contribution in [0.25, 0.3) is 0 Å². The van der Waals surface area contributed by atoms with E-state index in [0.717, 1.165) is 24.2 Å². The topological polar surface area (TPSA) is 173 Å². The van der Waals surface area contributed by atoms with Gasteiger partial charge in [0.2, 0.25) is 0 Å². The van der Waals surface area contributed by atoms with Gasteiger partial charge in [0.1, 0.15) is 34.4 Å². The number of anilines is 1. The Bertz CT molecular complexity index is 1280. The molecule has 1 fully saturated rings. The number of allylic oxidation sites excluding steroid dienone is 1. The minimum atomic E-state index is -1.19. The Kier molecular flexibility index (Phi) is 7.27. The number of fused-ring (bicyclic) bond motifs is 1. The standard InChI is InChI=1S/C20H19N7O5S4/c21-19-23-11(7-34-19)12(26-32-10-3-1-2-4-10)15(28)24-13-16(29)27-14(18(30)31)9(5-33-17(13)27)6-35-20-25-22-8-36-20/h1,3,7-8,10,13,17H,2,4-6H2,(H2,21,23)(H,24,28)(H,30,31)/b26-12+. The van der Waals surface area contributed by atoms with Crippen LogP contribution in [-0.4, -0.2) is 77.7 Å². The van der Waals surface area contributed by atoms with Crippen molar-refractivity contribution in [3.05, 3.63) is 40.0 Å². The van der Waals surface area contributed by atoms with Crippen LogP contribution >= 0.6 is 46.2 Å². The second-order valence-corrected chi connectivity index (χ2v) is 11.8. The van der Waals surface area contributed by atoms with Crippen molar-refractivity contribution in [1.29, 1.82) is 0 Å². The van der Waals surface area contributed by atoms with Crippen molar-refractivity contribution in [2.45, 2.75) is 34.7 Å². The molecule has 0 saturated carbocycles. The second kappa shape index (κ2) is 10.6. The van der Waals surface area contributed by atoms with Gasteiger partial charge in [-0.25, -0.2) is 9.78 Å². The molecule has 0 bridgehead atoms. The van der Waals surface area contributed by atoms with E-state index in [2.05, 4.69) is 25.7 Å². The maximum Gasteiger partial charge on any atom is 0.352 e. The summed E-state index contributed by atoms with van der Waals surface area (Å²) in [4.78, 5) is 49.1. The predicted molar refractivity (Wildman–Crippen MR) is 137 cm³/mol. The molecule has 36 heavy (non-hydrogen) atoms. The number of carboxylic acids is 1. The maximum atomic E-state index is 13.2. The fraction of sp³-hybridized carbons (Fsp3) is 0.350. The van der Waals surface area contributed by atoms with E-state index < -0.39 is 29.2 Å². The lowest BCUT2D eigenvalue weighted by Crippen LogP contribution is -2.71. The summed E-state index contributed by atoms with van der Waals surface area (Å²) in [5.41, 5.74) is 8.02. The molecule has 4 N–H and O–H groups in total. The van der Waals surface area contributed by atoms with Crippen molar-refractivity contribution in [1.82, 2.24) is 25.4 Å². The van der Waals surface area contributed by atoms with Crippen molar-refractivity contribution in [2.75, 3.05) is 17.2 Å². The van der Waals surface area contributed by atoms with E-state index in [1.54, 1.807) is 10.9 Å². The molecule has 0 radical (unpaired) electrons. The average molecular weight is 566 g/mol. The molecule has 5 rings (SSSR count). The lowest BCUT2D eigenvalue weighted by molar-refractivity contribution is -0.150. The molecular formula is C20H19N7O5S4. The molecule has 2 aliphatic heterocycles. The molecule has 3 aliphatic rings. The van der Waals surface area contributed by atoms with Gasteiger partial charge in [-0.1, -0.05) is 34.3 Å². The van der Waals surface area contributed by atoms with Gasteiger partial charge < -0.3 is 21.0 Å². The molecule has 2 amide bonds. The van der Waals surface area contributed by atoms with Gasteiger partial charge in [-0.15, -0.1) is 33.3 Å². The molecular weight excluding hydrogens is 547 g/mol. The molecule has 16 heteroatoms. The second-order valence-electron chi connectivity index (χ2n) is 7.77. The molecule has 0 spiro atoms. The van der Waals surface area contributed by atoms with Crippen molar-refractivity contribution in [2.24, 2.45) is 5.16 Å². The summed E-state index contributed by atoms with van der Waals surface area (Å²) < 4.78 is 0.712. The Morgan fingerprint density at radius 2 is 2.25 bits per heavy atom. The third-order valence-corrected chi connectivity index (χ3v) is 9.43. The lowest BCUT2D eigenvalue weighted by Gasteiger charge is -2.49. The van der Waals surface area contributed by atoms with Gasteiger partial charge in [0, 0.05) is 16.9 Å². The van der Waals surface area contributed by atoms with Gasteiger partial charge in [0.25, 0.3) is 11.8 Å². The van der Waals surface area contributed by atoms with Crippen LogP contribution in [0, 0.1) is 0 Å². The molecule has 4 heterocycles. The first kappa shape index (κ1) is 24.7. The molecule has 188 valence electrons. The number of hydrogen-bond acceptors (Lipinski definition) is 13. The molecule has 3 unspecified atom stereocenters. The number of carbonyl (C=O) groups is 3. The first-order chi connectivity index (χ1) is 17.4. The highest BCUT2D eigenvalue weighted by Crippen LogP contribution is 2.41. The monoisotopic (exact) mass is 565 g/mol. The summed E-state index contributed by atoms with van der Waals surface area (Å²) in [6.45, 7) is 0. The van der Waals surface area contributed by atoms with Crippen molar-refractivity contribution < 1.29 is 24.3 Å². The minimum Gasteiger partial charge on any atom is -0.477 e. The van der Waals surface area contributed by atoms with Crippen LogP contribution < -0.4 is 11.1 Å². The lowest BCUT2D eigenvalue weighted by atomic mass is 10.0. The summed E-state index contributed by atoms with van der Waals surface area (Å²) in [6.07, 6.45) is 5.18. The van der Waals surface area contributed by atoms with Gasteiger partial charge in [-0.05, 0) is 24.5 Å². The van der Waals surface area contributed by atoms with E-state index in [4.69, 9.17) is 10.6 Å². The SMILES string of the molecule is Nc1nc(/C(=N\OC2C=CCC2)C(=O)NC2C(=O)N3C(C(=O)O)=C(CSc4nncs4)CSC23)cs1. The molecule has 2 aromatic heterocycles. The molecule has 12 nitrogen and oxygen atoms in total. The number of carbonyl (C=O) groups excluding carboxylic acids is 2. The number of carboxylic acid groups (broad SMARTS) is 1. The fourth-order valence-electron chi connectivity index (χ4n) is 3.79. The molecule has 0 aromatic carbocycles. The van der Waals surface area contributed by atoms with E-state index in [1.165, 1.54) is 39.8 Å². The molecule has 1 saturated heterocycles. The smallest absolute Gasteiger partial charge is 0.352 e. The summed E-state index contributed by atoms with van der Waals surface area (Å²) in [5.74, 6) is -1.58. The first-order valence-electron chi connectivity index (χ1n) is 10.6. The van der Waals surface area contributed by atoms with Gasteiger partial charge >= 0.3 is 5.97 Å². The number of nitrogens with zero attached hydrogens (tertiary/aromatic N) is 5. The van der Waals surface area contributed by atoms with Crippen LogP contribution in [0.1, 0.15) is 18.5 Å². The van der Waals surface area contributed by atoms with E-state index in [9.17, 15) is 19.5 Å². The number of nitrogens with two attached hydrogens (primary N) is 1. The average Bonchev–Trinajstić information content (AvgIpc) is 3.64. The van der Waals surface area contributed by atoms with Gasteiger partial charge in [-0.3, -0.25) is 14.5 Å². The van der Waals surface area contributed by atoms with Gasteiger partial charge in [0.15, 0.2) is 15.2 Å². The molecule has 2 aromatic rings. The van der Waals surface area contributed by atoms with Gasteiger partial charge in [-0.2, -0.15) is 0 Å². The Balaban J connectivity index is 1.31. The zero-order valence-corrected chi connectivity index (χ0v) is 21.7. The Morgan fingerprint density at radius 3 is 2.92 bits per heavy atom. The van der Waals surface area contributed by atoms with E-state index in [0.29, 0.717) is 21.4 Å². The van der Waals surface area contributed by atoms with Crippen LogP contribution in [-0.2, 0) is 19.2 Å². The summed E-state index contributed by atoms with van der Waals surface area (Å²) in [5, 5.41) is 25.6. The van der Waals surface area contributed by atoms with Crippen LogP contribution in [0.2, 0.25) is 0 Å². The molecule has 1 aliphatic carbocycles. The summed E-state index contributed by atoms with van der Waals surface area (Å²) >= 11 is 5.26.